The molecule has 0 radical (unpaired) electrons. The molecule has 0 aliphatic heterocycles. The monoisotopic (exact) mass is 258 g/mol. The van der Waals surface area contributed by atoms with Gasteiger partial charge in [-0.2, -0.15) is 0 Å². The lowest BCUT2D eigenvalue weighted by Gasteiger charge is -2.22. The molecule has 0 bridgehead atoms. The molecule has 2 atom stereocenters. The number of hydrogen-bond donors (Lipinski definition) is 2. The van der Waals surface area contributed by atoms with Gasteiger partial charge in [-0.15, -0.1) is 0 Å². The topological polar surface area (TPSA) is 38.0 Å². The Balaban J connectivity index is 1.66. The van der Waals surface area contributed by atoms with E-state index < -0.39 is 0 Å². The molecule has 2 unspecified atom stereocenters. The zero-order valence-electron chi connectivity index (χ0n) is 11.9. The van der Waals surface area contributed by atoms with Crippen LogP contribution in [-0.4, -0.2) is 13.1 Å². The standard InChI is InChI=1S/C17H26N2/c1-12(13-6-7-13)11-19-17(10-18)16-5-3-2-4-15(16)14-8-9-14/h2-5,12-14,17,19H,6-11,18H2,1H3. The van der Waals surface area contributed by atoms with Gasteiger partial charge in [-0.3, -0.25) is 0 Å². The van der Waals surface area contributed by atoms with Crippen LogP contribution in [0.5, 0.6) is 0 Å². The maximum Gasteiger partial charge on any atom is 0.0447 e. The minimum Gasteiger partial charge on any atom is -0.329 e. The Labute approximate surface area is 116 Å². The Kier molecular flexibility index (Phi) is 3.90. The van der Waals surface area contributed by atoms with Crippen molar-refractivity contribution in [2.45, 2.75) is 44.6 Å². The number of hydrogen-bond acceptors (Lipinski definition) is 2. The van der Waals surface area contributed by atoms with Crippen molar-refractivity contribution in [2.24, 2.45) is 17.6 Å². The lowest BCUT2D eigenvalue weighted by atomic mass is 9.96. The van der Waals surface area contributed by atoms with Crippen molar-refractivity contribution in [1.82, 2.24) is 5.32 Å². The number of nitrogens with two attached hydrogens (primary N) is 1. The zero-order valence-corrected chi connectivity index (χ0v) is 11.9. The van der Waals surface area contributed by atoms with Crippen molar-refractivity contribution in [3.63, 3.8) is 0 Å². The molecule has 3 rings (SSSR count). The van der Waals surface area contributed by atoms with E-state index in [2.05, 4.69) is 36.5 Å². The molecule has 0 heterocycles. The summed E-state index contributed by atoms with van der Waals surface area (Å²) >= 11 is 0. The average molecular weight is 258 g/mol. The molecule has 19 heavy (non-hydrogen) atoms. The zero-order chi connectivity index (χ0) is 13.2. The van der Waals surface area contributed by atoms with Crippen molar-refractivity contribution < 1.29 is 0 Å². The van der Waals surface area contributed by atoms with Gasteiger partial charge in [-0.1, -0.05) is 31.2 Å². The first kappa shape index (κ1) is 13.1. The summed E-state index contributed by atoms with van der Waals surface area (Å²) in [6.45, 7) is 4.16. The first-order chi connectivity index (χ1) is 9.29. The van der Waals surface area contributed by atoms with Crippen LogP contribution in [0.2, 0.25) is 0 Å². The molecule has 2 nitrogen and oxygen atoms in total. The summed E-state index contributed by atoms with van der Waals surface area (Å²) in [4.78, 5) is 0. The van der Waals surface area contributed by atoms with Crippen molar-refractivity contribution in [3.05, 3.63) is 35.4 Å². The van der Waals surface area contributed by atoms with Crippen LogP contribution in [-0.2, 0) is 0 Å². The Bertz CT molecular complexity index is 421. The van der Waals surface area contributed by atoms with Gasteiger partial charge >= 0.3 is 0 Å². The molecule has 0 saturated heterocycles. The van der Waals surface area contributed by atoms with Crippen molar-refractivity contribution in [3.8, 4) is 0 Å². The van der Waals surface area contributed by atoms with Gasteiger partial charge in [-0.05, 0) is 61.1 Å². The minimum absolute atomic E-state index is 0.331. The third-order valence-corrected chi connectivity index (χ3v) is 4.74. The second kappa shape index (κ2) is 5.64. The molecular formula is C17H26N2. The highest BCUT2D eigenvalue weighted by Crippen LogP contribution is 2.43. The van der Waals surface area contributed by atoms with Crippen LogP contribution < -0.4 is 11.1 Å². The van der Waals surface area contributed by atoms with Gasteiger partial charge in [0.05, 0.1) is 0 Å². The molecular weight excluding hydrogens is 232 g/mol. The maximum atomic E-state index is 6.01. The summed E-state index contributed by atoms with van der Waals surface area (Å²) in [7, 11) is 0. The molecule has 0 spiro atoms. The first-order valence-electron chi connectivity index (χ1n) is 7.82. The predicted octanol–water partition coefficient (Wildman–Crippen LogP) is 3.20. The molecule has 2 aliphatic carbocycles. The Hall–Kier alpha value is -0.860. The van der Waals surface area contributed by atoms with Gasteiger partial charge in [-0.25, -0.2) is 0 Å². The van der Waals surface area contributed by atoms with Crippen LogP contribution in [0.25, 0.3) is 0 Å². The van der Waals surface area contributed by atoms with Gasteiger partial charge < -0.3 is 11.1 Å². The normalized spacial score (nSPS) is 22.2. The van der Waals surface area contributed by atoms with Crippen LogP contribution in [0.15, 0.2) is 24.3 Å². The first-order valence-corrected chi connectivity index (χ1v) is 7.82. The Morgan fingerprint density at radius 2 is 1.95 bits per heavy atom. The largest absolute Gasteiger partial charge is 0.329 e. The van der Waals surface area contributed by atoms with Gasteiger partial charge in [0.1, 0.15) is 0 Å². The molecule has 2 aliphatic rings. The summed E-state index contributed by atoms with van der Waals surface area (Å²) in [6.07, 6.45) is 5.56. The fraction of sp³-hybridized carbons (Fsp3) is 0.647. The van der Waals surface area contributed by atoms with Gasteiger partial charge in [0.15, 0.2) is 0 Å². The fourth-order valence-electron chi connectivity index (χ4n) is 3.07. The maximum absolute atomic E-state index is 6.01. The third-order valence-electron chi connectivity index (χ3n) is 4.74. The highest BCUT2D eigenvalue weighted by atomic mass is 14.9. The van der Waals surface area contributed by atoms with Crippen molar-refractivity contribution >= 4 is 0 Å². The van der Waals surface area contributed by atoms with Crippen LogP contribution in [0.3, 0.4) is 0 Å². The molecule has 2 heteroatoms. The molecule has 2 saturated carbocycles. The number of benzene rings is 1. The second-order valence-electron chi connectivity index (χ2n) is 6.41. The Morgan fingerprint density at radius 3 is 2.58 bits per heavy atom. The number of rotatable bonds is 7. The quantitative estimate of drug-likeness (QED) is 0.788. The number of nitrogens with one attached hydrogen (secondary N) is 1. The van der Waals surface area contributed by atoms with E-state index in [1.807, 2.05) is 0 Å². The molecule has 3 N–H and O–H groups in total. The molecule has 0 aromatic heterocycles. The van der Waals surface area contributed by atoms with E-state index in [-0.39, 0.29) is 0 Å². The van der Waals surface area contributed by atoms with Crippen LogP contribution in [0.4, 0.5) is 0 Å². The Morgan fingerprint density at radius 1 is 1.21 bits per heavy atom. The van der Waals surface area contributed by atoms with E-state index in [0.717, 1.165) is 24.3 Å². The van der Waals surface area contributed by atoms with Crippen LogP contribution >= 0.6 is 0 Å². The van der Waals surface area contributed by atoms with E-state index in [9.17, 15) is 0 Å². The van der Waals surface area contributed by atoms with Crippen LogP contribution in [0.1, 0.15) is 55.7 Å². The van der Waals surface area contributed by atoms with E-state index in [1.54, 1.807) is 0 Å². The molecule has 0 amide bonds. The van der Waals surface area contributed by atoms with Gasteiger partial charge in [0, 0.05) is 12.6 Å². The summed E-state index contributed by atoms with van der Waals surface area (Å²) < 4.78 is 0. The second-order valence-corrected chi connectivity index (χ2v) is 6.41. The van der Waals surface area contributed by atoms with Gasteiger partial charge in [0.25, 0.3) is 0 Å². The summed E-state index contributed by atoms with van der Waals surface area (Å²) in [5.41, 5.74) is 8.98. The SMILES string of the molecule is CC(CNC(CN)c1ccccc1C1CC1)C1CC1. The van der Waals surface area contributed by atoms with E-state index in [4.69, 9.17) is 5.73 Å². The molecule has 2 fully saturated rings. The van der Waals surface area contributed by atoms with Crippen molar-refractivity contribution in [2.75, 3.05) is 13.1 Å². The fourth-order valence-corrected chi connectivity index (χ4v) is 3.07. The van der Waals surface area contributed by atoms with Gasteiger partial charge in [0.2, 0.25) is 0 Å². The van der Waals surface area contributed by atoms with Crippen molar-refractivity contribution in [1.29, 1.82) is 0 Å². The summed E-state index contributed by atoms with van der Waals surface area (Å²) in [6, 6.07) is 9.20. The predicted molar refractivity (Wildman–Crippen MR) is 80.1 cm³/mol. The minimum atomic E-state index is 0.331. The highest BCUT2D eigenvalue weighted by Gasteiger charge is 2.30. The summed E-state index contributed by atoms with van der Waals surface area (Å²) in [5.74, 6) is 2.56. The highest BCUT2D eigenvalue weighted by molar-refractivity contribution is 5.35. The van der Waals surface area contributed by atoms with E-state index >= 15 is 0 Å². The molecule has 1 aromatic carbocycles. The summed E-state index contributed by atoms with van der Waals surface area (Å²) in [5, 5.41) is 3.70. The molecule has 104 valence electrons. The van der Waals surface area contributed by atoms with E-state index in [0.29, 0.717) is 12.6 Å². The average Bonchev–Trinajstić information content (AvgIpc) is 3.32. The molecule has 1 aromatic rings. The third kappa shape index (κ3) is 3.18. The van der Waals surface area contributed by atoms with Crippen LogP contribution in [0, 0.1) is 11.8 Å². The lowest BCUT2D eigenvalue weighted by Crippen LogP contribution is -2.32. The smallest absolute Gasteiger partial charge is 0.0447 e. The van der Waals surface area contributed by atoms with E-state index in [1.165, 1.54) is 36.8 Å². The lowest BCUT2D eigenvalue weighted by molar-refractivity contribution is 0.421.